The van der Waals surface area contributed by atoms with E-state index in [9.17, 15) is 29.1 Å². The van der Waals surface area contributed by atoms with Crippen molar-refractivity contribution in [2.75, 3.05) is 20.3 Å². The number of aliphatic hydroxyl groups excluding tert-OH is 1. The van der Waals surface area contributed by atoms with Gasteiger partial charge in [-0.25, -0.2) is 9.69 Å². The molecule has 344 valence electrons. The minimum Gasteiger partial charge on any atom is -0.453 e. The van der Waals surface area contributed by atoms with Crippen molar-refractivity contribution in [3.63, 3.8) is 0 Å². The summed E-state index contributed by atoms with van der Waals surface area (Å²) < 4.78 is 42.2. The van der Waals surface area contributed by atoms with Gasteiger partial charge in [-0.15, -0.1) is 0 Å². The highest BCUT2D eigenvalue weighted by atomic mass is 16.7. The minimum atomic E-state index is -1.67. The highest BCUT2D eigenvalue weighted by Gasteiger charge is 2.49. The average molecular weight is 892 g/mol. The van der Waals surface area contributed by atoms with Crippen molar-refractivity contribution in [2.24, 2.45) is 5.92 Å². The van der Waals surface area contributed by atoms with Crippen LogP contribution in [0, 0.1) is 12.8 Å². The van der Waals surface area contributed by atoms with E-state index in [0.717, 1.165) is 34.6 Å². The molecule has 0 aromatic heterocycles. The number of methoxy groups -OCH3 is 1. The molecule has 9 atom stereocenters. The second kappa shape index (κ2) is 23.4. The molecule has 0 saturated carbocycles. The molecule has 1 N–H and O–H groups in total. The Labute approximate surface area is 379 Å². The van der Waals surface area contributed by atoms with Crippen LogP contribution in [0.1, 0.15) is 67.5 Å². The standard InChI is InChI=1S/C51H57NO13/c1-32-17-15-24-39(27-32)40(28-42(56)44(63-35(4)54)33(2)49(57)52-34(3)45(65-51(52)58)38-22-13-8-14-23-38)41(55)25-16-26-60-48-47(62-31-37-20-11-7-12-21-37)46(43(29-53)64-50(48)59-5)61-30-36-18-9-6-10-19-36/h6-15,17-24,27-28,33-34,43-48,50,53H,16,25-26,29-31H2,1-5H3. The first-order chi connectivity index (χ1) is 31.4. The SMILES string of the molecule is COC1OC(CO)C(OCc2ccccc2)C(OCc2ccccc2)C1OCCCC(=O)C(=CC(=O)C(OC(C)=O)C(C)C(=O)N1C(=O)OC(c2ccccc2)C1C)c1cccc(C)c1. The molecule has 14 heteroatoms. The topological polar surface area (TPSA) is 173 Å². The van der Waals surface area contributed by atoms with Gasteiger partial charge in [-0.1, -0.05) is 121 Å². The van der Waals surface area contributed by atoms with Crippen molar-refractivity contribution in [1.29, 1.82) is 0 Å². The van der Waals surface area contributed by atoms with Crippen molar-refractivity contribution in [3.8, 4) is 0 Å². The van der Waals surface area contributed by atoms with E-state index in [4.69, 9.17) is 33.2 Å². The smallest absolute Gasteiger partial charge is 0.417 e. The van der Waals surface area contributed by atoms with E-state index < -0.39 is 84.4 Å². The molecule has 0 bridgehead atoms. The predicted molar refractivity (Wildman–Crippen MR) is 238 cm³/mol. The summed E-state index contributed by atoms with van der Waals surface area (Å²) in [6.45, 7) is 6.08. The summed E-state index contributed by atoms with van der Waals surface area (Å²) in [7, 11) is 1.46. The molecule has 0 radical (unpaired) electrons. The molecule has 2 aliphatic rings. The number of aryl methyl sites for hydroxylation is 1. The molecule has 14 nitrogen and oxygen atoms in total. The molecular weight excluding hydrogens is 835 g/mol. The largest absolute Gasteiger partial charge is 0.453 e. The normalized spacial score (nSPS) is 23.0. The molecule has 4 aromatic carbocycles. The van der Waals surface area contributed by atoms with Crippen molar-refractivity contribution in [1.82, 2.24) is 4.90 Å². The third-order valence-electron chi connectivity index (χ3n) is 11.4. The number of aliphatic hydroxyl groups is 1. The van der Waals surface area contributed by atoms with Gasteiger partial charge >= 0.3 is 12.1 Å². The maximum absolute atomic E-state index is 14.2. The first kappa shape index (κ1) is 48.6. The van der Waals surface area contributed by atoms with E-state index in [-0.39, 0.29) is 44.8 Å². The second-order valence-electron chi connectivity index (χ2n) is 16.2. The lowest BCUT2D eigenvalue weighted by atomic mass is 9.92. The van der Waals surface area contributed by atoms with E-state index in [2.05, 4.69) is 0 Å². The maximum atomic E-state index is 14.2. The van der Waals surface area contributed by atoms with Gasteiger partial charge in [0.15, 0.2) is 24.0 Å². The molecule has 2 aliphatic heterocycles. The number of ether oxygens (including phenoxy) is 7. The molecule has 9 unspecified atom stereocenters. The van der Waals surface area contributed by atoms with Crippen LogP contribution in [-0.4, -0.2) is 103 Å². The highest BCUT2D eigenvalue weighted by Crippen LogP contribution is 2.35. The summed E-state index contributed by atoms with van der Waals surface area (Å²) in [6.07, 6.45) is -6.26. The van der Waals surface area contributed by atoms with Crippen LogP contribution < -0.4 is 0 Å². The van der Waals surface area contributed by atoms with Crippen LogP contribution in [0.25, 0.3) is 5.57 Å². The molecule has 2 saturated heterocycles. The number of benzene rings is 4. The quantitative estimate of drug-likeness (QED) is 0.0521. The number of amides is 2. The van der Waals surface area contributed by atoms with E-state index in [1.165, 1.54) is 14.0 Å². The van der Waals surface area contributed by atoms with Crippen molar-refractivity contribution in [3.05, 3.63) is 149 Å². The zero-order valence-corrected chi connectivity index (χ0v) is 37.3. The minimum absolute atomic E-state index is 0.0325. The summed E-state index contributed by atoms with van der Waals surface area (Å²) in [4.78, 5) is 68.8. The van der Waals surface area contributed by atoms with Gasteiger partial charge in [-0.05, 0) is 55.5 Å². The van der Waals surface area contributed by atoms with Gasteiger partial charge in [0.05, 0.1) is 31.8 Å². The summed E-state index contributed by atoms with van der Waals surface area (Å²) in [5, 5.41) is 10.4. The predicted octanol–water partition coefficient (Wildman–Crippen LogP) is 6.89. The Balaban J connectivity index is 1.19. The fourth-order valence-corrected chi connectivity index (χ4v) is 8.04. The number of imide groups is 1. The average Bonchev–Trinajstić information content (AvgIpc) is 3.62. The number of esters is 1. The lowest BCUT2D eigenvalue weighted by Crippen LogP contribution is -2.61. The van der Waals surface area contributed by atoms with Gasteiger partial charge in [-0.2, -0.15) is 0 Å². The number of ketones is 2. The number of Topliss-reactive ketones (excluding diaryl/α,β-unsaturated/α-hetero) is 1. The summed E-state index contributed by atoms with van der Waals surface area (Å²) in [5.41, 5.74) is 3.80. The Hall–Kier alpha value is -5.87. The number of carbonyl (C=O) groups excluding carboxylic acids is 5. The fraction of sp³-hybridized carbons (Fsp3) is 0.392. The summed E-state index contributed by atoms with van der Waals surface area (Å²) in [6, 6.07) is 34.4. The number of hydrogen-bond donors (Lipinski definition) is 1. The number of carbonyl (C=O) groups is 5. The number of cyclic esters (lactones) is 1. The van der Waals surface area contributed by atoms with Gasteiger partial charge in [0.25, 0.3) is 0 Å². The maximum Gasteiger partial charge on any atom is 0.417 e. The number of hydrogen-bond acceptors (Lipinski definition) is 13. The van der Waals surface area contributed by atoms with Crippen LogP contribution in [0.4, 0.5) is 4.79 Å². The Morgan fingerprint density at radius 1 is 0.815 bits per heavy atom. The van der Waals surface area contributed by atoms with Crippen molar-refractivity contribution in [2.45, 2.75) is 103 Å². The van der Waals surface area contributed by atoms with E-state index >= 15 is 0 Å². The first-order valence-electron chi connectivity index (χ1n) is 21.7. The van der Waals surface area contributed by atoms with E-state index in [1.807, 2.05) is 79.7 Å². The Morgan fingerprint density at radius 3 is 2.02 bits per heavy atom. The van der Waals surface area contributed by atoms with Gasteiger partial charge in [-0.3, -0.25) is 19.2 Å². The molecule has 0 aliphatic carbocycles. The third-order valence-corrected chi connectivity index (χ3v) is 11.4. The lowest BCUT2D eigenvalue weighted by Gasteiger charge is -2.45. The van der Waals surface area contributed by atoms with Crippen molar-refractivity contribution >= 4 is 35.1 Å². The van der Waals surface area contributed by atoms with Crippen LogP contribution in [0.2, 0.25) is 0 Å². The van der Waals surface area contributed by atoms with E-state index in [0.29, 0.717) is 11.1 Å². The monoisotopic (exact) mass is 891 g/mol. The second-order valence-corrected chi connectivity index (χ2v) is 16.2. The van der Waals surface area contributed by atoms with Crippen LogP contribution in [0.5, 0.6) is 0 Å². The first-order valence-corrected chi connectivity index (χ1v) is 21.7. The Morgan fingerprint density at radius 2 is 1.43 bits per heavy atom. The summed E-state index contributed by atoms with van der Waals surface area (Å²) >= 11 is 0. The van der Waals surface area contributed by atoms with Gasteiger partial charge < -0.3 is 38.3 Å². The Bertz CT molecular complexity index is 2250. The van der Waals surface area contributed by atoms with Crippen LogP contribution in [-0.2, 0) is 65.5 Å². The fourth-order valence-electron chi connectivity index (χ4n) is 8.04. The van der Waals surface area contributed by atoms with Gasteiger partial charge in [0.2, 0.25) is 5.91 Å². The highest BCUT2D eigenvalue weighted by molar-refractivity contribution is 6.25. The Kier molecular flexibility index (Phi) is 17.5. The molecule has 6 rings (SSSR count). The van der Waals surface area contributed by atoms with E-state index in [1.54, 1.807) is 49.4 Å². The molecule has 0 spiro atoms. The molecular formula is C51H57NO13. The number of allylic oxidation sites excluding steroid dienone is 1. The van der Waals surface area contributed by atoms with Crippen LogP contribution >= 0.6 is 0 Å². The number of rotatable bonds is 21. The van der Waals surface area contributed by atoms with Crippen LogP contribution in [0.15, 0.2) is 121 Å². The van der Waals surface area contributed by atoms with Gasteiger partial charge in [0.1, 0.15) is 30.5 Å². The van der Waals surface area contributed by atoms with Crippen LogP contribution in [0.3, 0.4) is 0 Å². The zero-order chi connectivity index (χ0) is 46.5. The summed E-state index contributed by atoms with van der Waals surface area (Å²) in [5.74, 6) is -4.17. The van der Waals surface area contributed by atoms with Gasteiger partial charge in [0, 0.05) is 32.6 Å². The molecule has 2 amide bonds. The third kappa shape index (κ3) is 12.5. The molecule has 2 fully saturated rings. The molecule has 65 heavy (non-hydrogen) atoms. The molecule has 2 heterocycles. The lowest BCUT2D eigenvalue weighted by molar-refractivity contribution is -0.319. The zero-order valence-electron chi connectivity index (χ0n) is 37.3. The number of nitrogens with zero attached hydrogens (tertiary/aromatic N) is 1. The van der Waals surface area contributed by atoms with Crippen molar-refractivity contribution < 1.29 is 62.2 Å². The molecule has 4 aromatic rings.